The second kappa shape index (κ2) is 11.5. The Morgan fingerprint density at radius 2 is 1.89 bits per heavy atom. The third-order valence-corrected chi connectivity index (χ3v) is 4.08. The number of carbonyl (C=O) groups excluding carboxylic acids is 1. The summed E-state index contributed by atoms with van der Waals surface area (Å²) in [7, 11) is 0. The van der Waals surface area contributed by atoms with Gasteiger partial charge in [0.25, 0.3) is 5.91 Å². The molecule has 0 fully saturated rings. The topological polar surface area (TPSA) is 59.9 Å². The molecular formula is C20H22Cl2N2O3. The summed E-state index contributed by atoms with van der Waals surface area (Å²) < 4.78 is 11.0. The molecule has 0 saturated carbocycles. The molecule has 27 heavy (non-hydrogen) atoms. The highest BCUT2D eigenvalue weighted by molar-refractivity contribution is 6.35. The molecule has 0 unspecified atom stereocenters. The molecule has 0 heterocycles. The molecular weight excluding hydrogens is 387 g/mol. The van der Waals surface area contributed by atoms with Gasteiger partial charge in [-0.3, -0.25) is 4.79 Å². The largest absolute Gasteiger partial charge is 0.494 e. The number of unbranched alkanes of at least 4 members (excludes halogenated alkanes) is 2. The number of carbonyl (C=O) groups is 1. The summed E-state index contributed by atoms with van der Waals surface area (Å²) in [6.07, 6.45) is 4.93. The maximum Gasteiger partial charge on any atom is 0.277 e. The maximum atomic E-state index is 11.8. The first-order valence-corrected chi connectivity index (χ1v) is 9.46. The summed E-state index contributed by atoms with van der Waals surface area (Å²) >= 11 is 11.8. The summed E-state index contributed by atoms with van der Waals surface area (Å²) in [4.78, 5) is 11.8. The van der Waals surface area contributed by atoms with Crippen molar-refractivity contribution in [3.63, 3.8) is 0 Å². The van der Waals surface area contributed by atoms with Crippen molar-refractivity contribution in [2.45, 2.75) is 26.2 Å². The van der Waals surface area contributed by atoms with Crippen molar-refractivity contribution in [3.8, 4) is 11.5 Å². The van der Waals surface area contributed by atoms with E-state index in [0.717, 1.165) is 24.3 Å². The van der Waals surface area contributed by atoms with Gasteiger partial charge < -0.3 is 9.47 Å². The van der Waals surface area contributed by atoms with Crippen LogP contribution in [0.5, 0.6) is 11.5 Å². The molecule has 0 saturated heterocycles. The van der Waals surface area contributed by atoms with E-state index in [4.69, 9.17) is 32.7 Å². The fraction of sp³-hybridized carbons (Fsp3) is 0.300. The second-order valence-electron chi connectivity index (χ2n) is 5.78. The fourth-order valence-electron chi connectivity index (χ4n) is 2.14. The molecule has 0 aliphatic rings. The molecule has 5 nitrogen and oxygen atoms in total. The molecule has 2 aromatic rings. The van der Waals surface area contributed by atoms with Crippen molar-refractivity contribution in [2.75, 3.05) is 13.2 Å². The van der Waals surface area contributed by atoms with Gasteiger partial charge in [0.1, 0.15) is 11.5 Å². The van der Waals surface area contributed by atoms with Gasteiger partial charge in [0.05, 0.1) is 17.8 Å². The molecule has 0 atom stereocenters. The van der Waals surface area contributed by atoms with Crippen LogP contribution < -0.4 is 14.9 Å². The van der Waals surface area contributed by atoms with E-state index < -0.39 is 5.91 Å². The lowest BCUT2D eigenvalue weighted by atomic mass is 10.2. The first kappa shape index (κ1) is 21.1. The molecule has 1 amide bonds. The van der Waals surface area contributed by atoms with E-state index in [1.165, 1.54) is 12.8 Å². The molecule has 7 heteroatoms. The Kier molecular flexibility index (Phi) is 8.95. The van der Waals surface area contributed by atoms with Gasteiger partial charge in [0.15, 0.2) is 6.61 Å². The van der Waals surface area contributed by atoms with Crippen molar-refractivity contribution in [1.82, 2.24) is 5.43 Å². The lowest BCUT2D eigenvalue weighted by Gasteiger charge is -2.07. The van der Waals surface area contributed by atoms with Gasteiger partial charge in [-0.2, -0.15) is 5.10 Å². The highest BCUT2D eigenvalue weighted by Crippen LogP contribution is 2.27. The number of halogens is 2. The number of hydrogen-bond acceptors (Lipinski definition) is 4. The summed E-state index contributed by atoms with van der Waals surface area (Å²) in [5, 5.41) is 4.75. The van der Waals surface area contributed by atoms with Crippen molar-refractivity contribution in [3.05, 3.63) is 58.1 Å². The van der Waals surface area contributed by atoms with Gasteiger partial charge in [-0.05, 0) is 54.4 Å². The first-order valence-electron chi connectivity index (χ1n) is 8.71. The van der Waals surface area contributed by atoms with Crippen LogP contribution in [0.1, 0.15) is 31.7 Å². The minimum atomic E-state index is -0.395. The molecule has 0 spiro atoms. The van der Waals surface area contributed by atoms with E-state index in [9.17, 15) is 4.79 Å². The Morgan fingerprint density at radius 3 is 2.59 bits per heavy atom. The standard InChI is InChI=1S/C20H22Cl2N2O3/c1-2-3-4-11-26-17-8-5-15(6-9-17)13-23-24-20(25)14-27-19-10-7-16(21)12-18(19)22/h5-10,12-13H,2-4,11,14H2,1H3,(H,24,25)/b23-13+. The summed E-state index contributed by atoms with van der Waals surface area (Å²) in [5.74, 6) is 0.809. The van der Waals surface area contributed by atoms with E-state index in [-0.39, 0.29) is 6.61 Å². The Labute approximate surface area is 169 Å². The zero-order valence-corrected chi connectivity index (χ0v) is 16.6. The van der Waals surface area contributed by atoms with Crippen molar-refractivity contribution < 1.29 is 14.3 Å². The molecule has 2 rings (SSSR count). The van der Waals surface area contributed by atoms with Crippen LogP contribution in [0.25, 0.3) is 0 Å². The maximum absolute atomic E-state index is 11.8. The van der Waals surface area contributed by atoms with Crippen LogP contribution in [0.4, 0.5) is 0 Å². The van der Waals surface area contributed by atoms with Gasteiger partial charge in [-0.25, -0.2) is 5.43 Å². The number of amides is 1. The summed E-state index contributed by atoms with van der Waals surface area (Å²) in [6, 6.07) is 12.3. The summed E-state index contributed by atoms with van der Waals surface area (Å²) in [6.45, 7) is 2.67. The van der Waals surface area contributed by atoms with Crippen molar-refractivity contribution in [2.24, 2.45) is 5.10 Å². The van der Waals surface area contributed by atoms with Gasteiger partial charge >= 0.3 is 0 Å². The molecule has 144 valence electrons. The van der Waals surface area contributed by atoms with Crippen LogP contribution in [0.2, 0.25) is 10.0 Å². The Balaban J connectivity index is 1.73. The number of ether oxygens (including phenoxy) is 2. The van der Waals surface area contributed by atoms with E-state index in [1.54, 1.807) is 24.4 Å². The Morgan fingerprint density at radius 1 is 1.11 bits per heavy atom. The molecule has 0 aliphatic heterocycles. The van der Waals surface area contributed by atoms with Crippen LogP contribution >= 0.6 is 23.2 Å². The average molecular weight is 409 g/mol. The Bertz CT molecular complexity index is 764. The van der Waals surface area contributed by atoms with E-state index >= 15 is 0 Å². The number of benzene rings is 2. The van der Waals surface area contributed by atoms with Crippen LogP contribution in [-0.4, -0.2) is 25.3 Å². The molecule has 0 radical (unpaired) electrons. The number of nitrogens with zero attached hydrogens (tertiary/aromatic N) is 1. The van der Waals surface area contributed by atoms with Gasteiger partial charge in [-0.1, -0.05) is 43.0 Å². The number of nitrogens with one attached hydrogen (secondary N) is 1. The quantitative estimate of drug-likeness (QED) is 0.338. The van der Waals surface area contributed by atoms with E-state index in [0.29, 0.717) is 15.8 Å². The van der Waals surface area contributed by atoms with Gasteiger partial charge in [0, 0.05) is 5.02 Å². The lowest BCUT2D eigenvalue weighted by molar-refractivity contribution is -0.123. The second-order valence-corrected chi connectivity index (χ2v) is 6.62. The van der Waals surface area contributed by atoms with Gasteiger partial charge in [0.2, 0.25) is 0 Å². The minimum absolute atomic E-state index is 0.205. The molecule has 0 bridgehead atoms. The van der Waals surface area contributed by atoms with Crippen LogP contribution in [0.15, 0.2) is 47.6 Å². The smallest absolute Gasteiger partial charge is 0.277 e. The highest BCUT2D eigenvalue weighted by Gasteiger charge is 2.05. The third kappa shape index (κ3) is 7.89. The monoisotopic (exact) mass is 408 g/mol. The predicted octanol–water partition coefficient (Wildman–Crippen LogP) is 5.09. The molecule has 2 aromatic carbocycles. The van der Waals surface area contributed by atoms with Crippen LogP contribution in [0, 0.1) is 0 Å². The highest BCUT2D eigenvalue weighted by atomic mass is 35.5. The number of hydrogen-bond donors (Lipinski definition) is 1. The Hall–Kier alpha value is -2.24. The first-order chi connectivity index (χ1) is 13.1. The summed E-state index contributed by atoms with van der Waals surface area (Å²) in [5.41, 5.74) is 3.25. The van der Waals surface area contributed by atoms with E-state index in [2.05, 4.69) is 17.5 Å². The zero-order chi connectivity index (χ0) is 19.5. The predicted molar refractivity (Wildman–Crippen MR) is 109 cm³/mol. The third-order valence-electron chi connectivity index (χ3n) is 3.55. The van der Waals surface area contributed by atoms with Crippen molar-refractivity contribution >= 4 is 35.3 Å². The number of rotatable bonds is 10. The normalized spacial score (nSPS) is 10.8. The molecule has 0 aliphatic carbocycles. The average Bonchev–Trinajstić information content (AvgIpc) is 2.66. The fourth-order valence-corrected chi connectivity index (χ4v) is 2.60. The van der Waals surface area contributed by atoms with E-state index in [1.807, 2.05) is 24.3 Å². The zero-order valence-electron chi connectivity index (χ0n) is 15.1. The minimum Gasteiger partial charge on any atom is -0.494 e. The van der Waals surface area contributed by atoms with Crippen LogP contribution in [-0.2, 0) is 4.79 Å². The van der Waals surface area contributed by atoms with Crippen molar-refractivity contribution in [1.29, 1.82) is 0 Å². The van der Waals surface area contributed by atoms with Crippen LogP contribution in [0.3, 0.4) is 0 Å². The lowest BCUT2D eigenvalue weighted by Crippen LogP contribution is -2.24. The SMILES string of the molecule is CCCCCOc1ccc(/C=N/NC(=O)COc2ccc(Cl)cc2Cl)cc1. The molecule has 1 N–H and O–H groups in total. The van der Waals surface area contributed by atoms with Gasteiger partial charge in [-0.15, -0.1) is 0 Å². The number of hydrazone groups is 1. The molecule has 0 aromatic heterocycles.